The lowest BCUT2D eigenvalue weighted by Gasteiger charge is -2.36. The molecule has 0 aromatic heterocycles. The van der Waals surface area contributed by atoms with Crippen molar-refractivity contribution < 1.29 is 4.74 Å². The molecule has 0 bridgehead atoms. The number of nitriles is 2. The van der Waals surface area contributed by atoms with Gasteiger partial charge in [-0.2, -0.15) is 10.5 Å². The van der Waals surface area contributed by atoms with Crippen molar-refractivity contribution in [1.82, 2.24) is 4.90 Å². The zero-order chi connectivity index (χ0) is 15.5. The highest BCUT2D eigenvalue weighted by atomic mass is 16.5. The summed E-state index contributed by atoms with van der Waals surface area (Å²) in [6.45, 7) is 6.60. The molecule has 5 nitrogen and oxygen atoms in total. The standard InChI is InChI=1S/C17H20N4O/c1-13-16(20-7-9-22-10-8-20)5-6-21(13)17-14(11-18)3-2-4-15(17)12-19/h2-4,13,16H,5-10H2,1H3/t13-,16-/m1/s1. The third-order valence-corrected chi connectivity index (χ3v) is 4.79. The highest BCUT2D eigenvalue weighted by molar-refractivity contribution is 5.69. The van der Waals surface area contributed by atoms with Gasteiger partial charge in [-0.3, -0.25) is 4.90 Å². The summed E-state index contributed by atoms with van der Waals surface area (Å²) in [6, 6.07) is 10.6. The summed E-state index contributed by atoms with van der Waals surface area (Å²) in [6.07, 6.45) is 1.06. The number of para-hydroxylation sites is 1. The van der Waals surface area contributed by atoms with Crippen LogP contribution in [0.25, 0.3) is 0 Å². The minimum absolute atomic E-state index is 0.291. The van der Waals surface area contributed by atoms with E-state index in [0.717, 1.165) is 45.0 Å². The number of hydrogen-bond donors (Lipinski definition) is 0. The Bertz CT molecular complexity index is 592. The van der Waals surface area contributed by atoms with Crippen LogP contribution in [-0.4, -0.2) is 49.8 Å². The molecule has 1 aromatic rings. The Balaban J connectivity index is 1.88. The van der Waals surface area contributed by atoms with E-state index in [1.54, 1.807) is 18.2 Å². The van der Waals surface area contributed by atoms with E-state index in [1.807, 2.05) is 0 Å². The molecule has 2 aliphatic rings. The van der Waals surface area contributed by atoms with E-state index < -0.39 is 0 Å². The van der Waals surface area contributed by atoms with Crippen molar-refractivity contribution in [2.75, 3.05) is 37.7 Å². The summed E-state index contributed by atoms with van der Waals surface area (Å²) >= 11 is 0. The largest absolute Gasteiger partial charge is 0.379 e. The first-order valence-corrected chi connectivity index (χ1v) is 7.78. The molecule has 2 saturated heterocycles. The Kier molecular flexibility index (Phi) is 4.29. The van der Waals surface area contributed by atoms with Crippen LogP contribution in [-0.2, 0) is 4.74 Å². The minimum atomic E-state index is 0.291. The molecule has 2 atom stereocenters. The van der Waals surface area contributed by atoms with Crippen molar-refractivity contribution in [3.63, 3.8) is 0 Å². The molecule has 3 rings (SSSR count). The van der Waals surface area contributed by atoms with Crippen molar-refractivity contribution in [2.45, 2.75) is 25.4 Å². The molecule has 0 aliphatic carbocycles. The minimum Gasteiger partial charge on any atom is -0.379 e. The van der Waals surface area contributed by atoms with Crippen molar-refractivity contribution in [2.24, 2.45) is 0 Å². The number of morpholine rings is 1. The first-order chi connectivity index (χ1) is 10.8. The van der Waals surface area contributed by atoms with Crippen LogP contribution < -0.4 is 4.90 Å². The summed E-state index contributed by atoms with van der Waals surface area (Å²) in [5, 5.41) is 18.8. The van der Waals surface area contributed by atoms with Gasteiger partial charge < -0.3 is 9.64 Å². The van der Waals surface area contributed by atoms with E-state index in [2.05, 4.69) is 28.9 Å². The number of nitrogens with zero attached hydrogens (tertiary/aromatic N) is 4. The van der Waals surface area contributed by atoms with Crippen LogP contribution in [0.15, 0.2) is 18.2 Å². The van der Waals surface area contributed by atoms with Crippen LogP contribution in [0.2, 0.25) is 0 Å². The Morgan fingerprint density at radius 1 is 1.09 bits per heavy atom. The van der Waals surface area contributed by atoms with Crippen LogP contribution in [0.5, 0.6) is 0 Å². The van der Waals surface area contributed by atoms with E-state index in [1.165, 1.54) is 0 Å². The van der Waals surface area contributed by atoms with Gasteiger partial charge in [-0.25, -0.2) is 0 Å². The molecule has 114 valence electrons. The highest BCUT2D eigenvalue weighted by Crippen LogP contribution is 2.33. The van der Waals surface area contributed by atoms with Gasteiger partial charge >= 0.3 is 0 Å². The van der Waals surface area contributed by atoms with Gasteiger partial charge in [0.2, 0.25) is 0 Å². The fourth-order valence-corrected chi connectivity index (χ4v) is 3.67. The number of benzene rings is 1. The predicted molar refractivity (Wildman–Crippen MR) is 83.5 cm³/mol. The van der Waals surface area contributed by atoms with E-state index >= 15 is 0 Å². The summed E-state index contributed by atoms with van der Waals surface area (Å²) in [5.74, 6) is 0. The molecular weight excluding hydrogens is 276 g/mol. The highest BCUT2D eigenvalue weighted by Gasteiger charge is 2.37. The number of rotatable bonds is 2. The van der Waals surface area contributed by atoms with Gasteiger partial charge in [0.1, 0.15) is 12.1 Å². The molecule has 1 aromatic carbocycles. The lowest BCUT2D eigenvalue weighted by atomic mass is 10.0. The zero-order valence-electron chi connectivity index (χ0n) is 12.8. The van der Waals surface area contributed by atoms with E-state index in [-0.39, 0.29) is 0 Å². The molecule has 0 N–H and O–H groups in total. The number of hydrogen-bond acceptors (Lipinski definition) is 5. The summed E-state index contributed by atoms with van der Waals surface area (Å²) in [7, 11) is 0. The first-order valence-electron chi connectivity index (χ1n) is 7.78. The molecule has 2 aliphatic heterocycles. The van der Waals surface area contributed by atoms with Crippen LogP contribution in [0.3, 0.4) is 0 Å². The molecule has 0 amide bonds. The quantitative estimate of drug-likeness (QED) is 0.831. The molecule has 0 saturated carbocycles. The van der Waals surface area contributed by atoms with Gasteiger partial charge in [0.25, 0.3) is 0 Å². The average molecular weight is 296 g/mol. The topological polar surface area (TPSA) is 63.3 Å². The molecule has 0 spiro atoms. The lowest BCUT2D eigenvalue weighted by molar-refractivity contribution is 0.0159. The van der Waals surface area contributed by atoms with Crippen molar-refractivity contribution in [3.8, 4) is 12.1 Å². The Morgan fingerprint density at radius 3 is 2.32 bits per heavy atom. The maximum absolute atomic E-state index is 9.39. The zero-order valence-corrected chi connectivity index (χ0v) is 12.8. The van der Waals surface area contributed by atoms with Crippen molar-refractivity contribution in [1.29, 1.82) is 10.5 Å². The van der Waals surface area contributed by atoms with Crippen LogP contribution in [0, 0.1) is 22.7 Å². The Hall–Kier alpha value is -2.08. The van der Waals surface area contributed by atoms with Gasteiger partial charge in [-0.15, -0.1) is 0 Å². The molecule has 2 fully saturated rings. The number of anilines is 1. The smallest absolute Gasteiger partial charge is 0.101 e. The van der Waals surface area contributed by atoms with Gasteiger partial charge in [0, 0.05) is 31.7 Å². The molecule has 5 heteroatoms. The maximum atomic E-state index is 9.39. The second-order valence-corrected chi connectivity index (χ2v) is 5.86. The Labute approximate surface area is 131 Å². The van der Waals surface area contributed by atoms with Crippen LogP contribution >= 0.6 is 0 Å². The monoisotopic (exact) mass is 296 g/mol. The molecule has 0 unspecified atom stereocenters. The van der Waals surface area contributed by atoms with Gasteiger partial charge in [0.15, 0.2) is 0 Å². The van der Waals surface area contributed by atoms with E-state index in [4.69, 9.17) is 4.74 Å². The van der Waals surface area contributed by atoms with Crippen molar-refractivity contribution in [3.05, 3.63) is 29.3 Å². The first kappa shape index (κ1) is 14.8. The fraction of sp³-hybridized carbons (Fsp3) is 0.529. The fourth-order valence-electron chi connectivity index (χ4n) is 3.67. The van der Waals surface area contributed by atoms with Crippen LogP contribution in [0.4, 0.5) is 5.69 Å². The summed E-state index contributed by atoms with van der Waals surface area (Å²) in [4.78, 5) is 4.71. The number of ether oxygens (including phenoxy) is 1. The Morgan fingerprint density at radius 2 is 1.73 bits per heavy atom. The summed E-state index contributed by atoms with van der Waals surface area (Å²) < 4.78 is 5.44. The summed E-state index contributed by atoms with van der Waals surface area (Å²) in [5.41, 5.74) is 1.98. The third-order valence-electron chi connectivity index (χ3n) is 4.79. The third kappa shape index (κ3) is 2.54. The maximum Gasteiger partial charge on any atom is 0.101 e. The molecule has 22 heavy (non-hydrogen) atoms. The van der Waals surface area contributed by atoms with Gasteiger partial charge in [0.05, 0.1) is 30.0 Å². The van der Waals surface area contributed by atoms with Gasteiger partial charge in [-0.05, 0) is 25.5 Å². The van der Waals surface area contributed by atoms with E-state index in [0.29, 0.717) is 23.2 Å². The second kappa shape index (κ2) is 6.36. The second-order valence-electron chi connectivity index (χ2n) is 5.86. The predicted octanol–water partition coefficient (Wildman–Crippen LogP) is 1.73. The molecule has 2 heterocycles. The van der Waals surface area contributed by atoms with E-state index in [9.17, 15) is 10.5 Å². The van der Waals surface area contributed by atoms with Gasteiger partial charge in [-0.1, -0.05) is 6.07 Å². The molecule has 0 radical (unpaired) electrons. The SMILES string of the molecule is C[C@@H]1[C@H](N2CCOCC2)CCN1c1c(C#N)cccc1C#N. The molecular formula is C17H20N4O. The van der Waals surface area contributed by atoms with Crippen LogP contribution in [0.1, 0.15) is 24.5 Å². The normalized spacial score (nSPS) is 25.7. The lowest BCUT2D eigenvalue weighted by Crippen LogP contribution is -2.48. The average Bonchev–Trinajstić information content (AvgIpc) is 2.96. The van der Waals surface area contributed by atoms with Crippen molar-refractivity contribution >= 4 is 5.69 Å².